The molecule has 0 unspecified atom stereocenters. The number of rotatable bonds is 2. The molecule has 1 fully saturated rings. The van der Waals surface area contributed by atoms with Crippen molar-refractivity contribution in [3.63, 3.8) is 0 Å². The minimum absolute atomic E-state index is 0.0971. The first-order valence-corrected chi connectivity index (χ1v) is 10.3. The maximum absolute atomic E-state index is 14.3. The number of likely N-dealkylation sites (tertiary alicyclic amines) is 1. The molecule has 6 rings (SSSR count). The van der Waals surface area contributed by atoms with Crippen molar-refractivity contribution in [2.75, 3.05) is 30.0 Å². The molecule has 0 amide bonds. The van der Waals surface area contributed by atoms with Crippen LogP contribution in [0.4, 0.5) is 15.8 Å². The van der Waals surface area contributed by atoms with Crippen LogP contribution in [0, 0.1) is 5.82 Å². The van der Waals surface area contributed by atoms with Crippen molar-refractivity contribution in [3.8, 4) is 0 Å². The standard InChI is InChI=1S/C24H24FN3/c25-20-9-8-19-23(14-16-4-3-5-18(20)24(16)19)27-12-10-17(11-13-27)28-15-26-21-6-1-2-7-22(21)28/h1-9,17,23,26H,10-15H2/t23-/m1/s1. The summed E-state index contributed by atoms with van der Waals surface area (Å²) in [5.41, 5.74) is 5.22. The fraction of sp³-hybridized carbons (Fsp3) is 0.333. The Kier molecular flexibility index (Phi) is 3.63. The number of anilines is 2. The Balaban J connectivity index is 1.22. The van der Waals surface area contributed by atoms with Gasteiger partial charge in [0, 0.05) is 30.6 Å². The van der Waals surface area contributed by atoms with Crippen LogP contribution >= 0.6 is 0 Å². The van der Waals surface area contributed by atoms with Crippen LogP contribution in [-0.4, -0.2) is 30.7 Å². The lowest BCUT2D eigenvalue weighted by molar-refractivity contribution is 0.154. The van der Waals surface area contributed by atoms with Gasteiger partial charge < -0.3 is 10.2 Å². The zero-order chi connectivity index (χ0) is 18.7. The number of benzene rings is 3. The van der Waals surface area contributed by atoms with Gasteiger partial charge in [0.1, 0.15) is 5.82 Å². The predicted octanol–water partition coefficient (Wildman–Crippen LogP) is 4.93. The second-order valence-corrected chi connectivity index (χ2v) is 8.29. The molecule has 3 aromatic carbocycles. The van der Waals surface area contributed by atoms with Crippen molar-refractivity contribution in [2.45, 2.75) is 31.3 Å². The Morgan fingerprint density at radius 1 is 0.929 bits per heavy atom. The summed E-state index contributed by atoms with van der Waals surface area (Å²) >= 11 is 0. The van der Waals surface area contributed by atoms with Crippen LogP contribution in [-0.2, 0) is 6.42 Å². The minimum Gasteiger partial charge on any atom is -0.366 e. The van der Waals surface area contributed by atoms with Crippen LogP contribution in [0.3, 0.4) is 0 Å². The van der Waals surface area contributed by atoms with Gasteiger partial charge in [-0.3, -0.25) is 4.90 Å². The van der Waals surface area contributed by atoms with Crippen molar-refractivity contribution in [1.29, 1.82) is 0 Å². The van der Waals surface area contributed by atoms with E-state index in [-0.39, 0.29) is 5.82 Å². The fourth-order valence-corrected chi connectivity index (χ4v) is 5.53. The highest BCUT2D eigenvalue weighted by Gasteiger charge is 2.34. The highest BCUT2D eigenvalue weighted by Crippen LogP contribution is 2.42. The topological polar surface area (TPSA) is 18.5 Å². The van der Waals surface area contributed by atoms with Gasteiger partial charge in [-0.25, -0.2) is 4.39 Å². The van der Waals surface area contributed by atoms with Crippen LogP contribution in [0.15, 0.2) is 54.6 Å². The summed E-state index contributed by atoms with van der Waals surface area (Å²) in [6.45, 7) is 3.11. The van der Waals surface area contributed by atoms with E-state index < -0.39 is 0 Å². The summed E-state index contributed by atoms with van der Waals surface area (Å²) in [6, 6.07) is 19.4. The molecule has 1 atom stereocenters. The number of nitrogens with zero attached hydrogens (tertiary/aromatic N) is 2. The summed E-state index contributed by atoms with van der Waals surface area (Å²) < 4.78 is 14.3. The van der Waals surface area contributed by atoms with E-state index in [9.17, 15) is 4.39 Å². The molecule has 0 bridgehead atoms. The lowest BCUT2D eigenvalue weighted by Gasteiger charge is -2.40. The van der Waals surface area contributed by atoms with E-state index >= 15 is 0 Å². The first-order chi connectivity index (χ1) is 13.8. The van der Waals surface area contributed by atoms with E-state index in [0.717, 1.165) is 37.0 Å². The third-order valence-electron chi connectivity index (χ3n) is 6.91. The maximum atomic E-state index is 14.3. The highest BCUT2D eigenvalue weighted by atomic mass is 19.1. The molecular formula is C24H24FN3. The minimum atomic E-state index is -0.0971. The van der Waals surface area contributed by atoms with Gasteiger partial charge in [-0.1, -0.05) is 36.4 Å². The van der Waals surface area contributed by atoms with E-state index in [4.69, 9.17) is 0 Å². The molecule has 1 aliphatic carbocycles. The molecular weight excluding hydrogens is 349 g/mol. The van der Waals surface area contributed by atoms with Gasteiger partial charge in [-0.05, 0) is 54.0 Å². The van der Waals surface area contributed by atoms with Crippen molar-refractivity contribution in [2.24, 2.45) is 0 Å². The Labute approximate surface area is 164 Å². The quantitative estimate of drug-likeness (QED) is 0.687. The number of halogens is 1. The summed E-state index contributed by atoms with van der Waals surface area (Å²) in [5.74, 6) is -0.0971. The van der Waals surface area contributed by atoms with Gasteiger partial charge in [0.25, 0.3) is 0 Å². The number of para-hydroxylation sites is 2. The van der Waals surface area contributed by atoms with E-state index in [2.05, 4.69) is 45.4 Å². The molecule has 2 aliphatic heterocycles. The highest BCUT2D eigenvalue weighted by molar-refractivity contribution is 5.91. The Bertz CT molecular complexity index is 1050. The average molecular weight is 373 g/mol. The first kappa shape index (κ1) is 16.4. The van der Waals surface area contributed by atoms with E-state index in [1.807, 2.05) is 18.2 Å². The summed E-state index contributed by atoms with van der Waals surface area (Å²) in [7, 11) is 0. The van der Waals surface area contributed by atoms with Gasteiger partial charge >= 0.3 is 0 Å². The normalized spacial score (nSPS) is 21.9. The monoisotopic (exact) mass is 373 g/mol. The molecule has 0 aromatic heterocycles. The summed E-state index contributed by atoms with van der Waals surface area (Å²) in [4.78, 5) is 5.16. The van der Waals surface area contributed by atoms with E-state index in [0.29, 0.717) is 12.1 Å². The predicted molar refractivity (Wildman–Crippen MR) is 112 cm³/mol. The molecule has 142 valence electrons. The Hall–Kier alpha value is -2.59. The molecule has 2 heterocycles. The molecule has 0 spiro atoms. The van der Waals surface area contributed by atoms with Crippen LogP contribution < -0.4 is 10.2 Å². The molecule has 1 N–H and O–H groups in total. The molecule has 0 saturated carbocycles. The van der Waals surface area contributed by atoms with Crippen LogP contribution in [0.1, 0.15) is 30.0 Å². The molecule has 4 heteroatoms. The van der Waals surface area contributed by atoms with Crippen molar-refractivity contribution in [1.82, 2.24) is 4.90 Å². The molecule has 3 aromatic rings. The maximum Gasteiger partial charge on any atom is 0.131 e. The number of nitrogens with one attached hydrogen (secondary N) is 1. The van der Waals surface area contributed by atoms with Gasteiger partial charge in [0.15, 0.2) is 0 Å². The average Bonchev–Trinajstić information content (AvgIpc) is 3.34. The number of piperidine rings is 1. The number of fused-ring (bicyclic) bond motifs is 1. The van der Waals surface area contributed by atoms with E-state index in [1.54, 1.807) is 6.07 Å². The Morgan fingerprint density at radius 2 is 1.79 bits per heavy atom. The van der Waals surface area contributed by atoms with Gasteiger partial charge in [0.2, 0.25) is 0 Å². The third kappa shape index (κ3) is 2.37. The van der Waals surface area contributed by atoms with Gasteiger partial charge in [-0.2, -0.15) is 0 Å². The van der Waals surface area contributed by atoms with Crippen molar-refractivity contribution >= 4 is 22.1 Å². The zero-order valence-corrected chi connectivity index (χ0v) is 15.9. The molecule has 1 saturated heterocycles. The zero-order valence-electron chi connectivity index (χ0n) is 15.9. The van der Waals surface area contributed by atoms with Crippen molar-refractivity contribution in [3.05, 3.63) is 71.5 Å². The summed E-state index contributed by atoms with van der Waals surface area (Å²) in [5, 5.41) is 5.46. The second kappa shape index (κ2) is 6.21. The van der Waals surface area contributed by atoms with Crippen LogP contribution in [0.5, 0.6) is 0 Å². The smallest absolute Gasteiger partial charge is 0.131 e. The molecule has 0 radical (unpaired) electrons. The van der Waals surface area contributed by atoms with E-state index in [1.165, 1.54) is 35.3 Å². The molecule has 3 nitrogen and oxygen atoms in total. The van der Waals surface area contributed by atoms with Gasteiger partial charge in [0.05, 0.1) is 18.0 Å². The Morgan fingerprint density at radius 3 is 2.68 bits per heavy atom. The van der Waals surface area contributed by atoms with Gasteiger partial charge in [-0.15, -0.1) is 0 Å². The number of hydrogen-bond donors (Lipinski definition) is 1. The largest absolute Gasteiger partial charge is 0.366 e. The number of hydrogen-bond acceptors (Lipinski definition) is 3. The third-order valence-corrected chi connectivity index (χ3v) is 6.91. The SMILES string of the molecule is Fc1ccc2c3c(cccc13)C[C@H]2N1CCC(N2CNc3ccccc32)CC1. The fourth-order valence-electron chi connectivity index (χ4n) is 5.53. The lowest BCUT2D eigenvalue weighted by Crippen LogP contribution is -2.46. The van der Waals surface area contributed by atoms with Crippen LogP contribution in [0.25, 0.3) is 10.8 Å². The molecule has 28 heavy (non-hydrogen) atoms. The van der Waals surface area contributed by atoms with Crippen LogP contribution in [0.2, 0.25) is 0 Å². The molecule has 3 aliphatic rings. The summed E-state index contributed by atoms with van der Waals surface area (Å²) in [6.07, 6.45) is 3.36. The first-order valence-electron chi connectivity index (χ1n) is 10.3. The van der Waals surface area contributed by atoms with Crippen molar-refractivity contribution < 1.29 is 4.39 Å². The lowest BCUT2D eigenvalue weighted by atomic mass is 9.98. The second-order valence-electron chi connectivity index (χ2n) is 8.29.